The van der Waals surface area contributed by atoms with Crippen LogP contribution in [0.2, 0.25) is 0 Å². The molecular formula is C22H23F3N4OS. The van der Waals surface area contributed by atoms with Gasteiger partial charge < -0.3 is 5.32 Å². The molecule has 1 aromatic carbocycles. The summed E-state index contributed by atoms with van der Waals surface area (Å²) in [4.78, 5) is 17.3. The minimum absolute atomic E-state index is 0.150. The number of rotatable bonds is 6. The molecule has 2 aromatic heterocycles. The second kappa shape index (κ2) is 9.13. The summed E-state index contributed by atoms with van der Waals surface area (Å²) in [6.45, 7) is 7.67. The average molecular weight is 449 g/mol. The van der Waals surface area contributed by atoms with E-state index in [-0.39, 0.29) is 16.5 Å². The number of pyridine rings is 1. The van der Waals surface area contributed by atoms with E-state index in [0.717, 1.165) is 23.9 Å². The van der Waals surface area contributed by atoms with Gasteiger partial charge in [0.1, 0.15) is 0 Å². The first kappa shape index (κ1) is 22.9. The Morgan fingerprint density at radius 3 is 2.48 bits per heavy atom. The number of aryl methyl sites for hydroxylation is 2. The lowest BCUT2D eigenvalue weighted by Gasteiger charge is -2.16. The quantitative estimate of drug-likeness (QED) is 0.467. The van der Waals surface area contributed by atoms with Crippen LogP contribution < -0.4 is 5.32 Å². The maximum absolute atomic E-state index is 13.6. The molecule has 1 amide bonds. The number of benzene rings is 1. The number of thioether (sulfide) groups is 1. The normalized spacial score (nSPS) is 12.6. The van der Waals surface area contributed by atoms with Crippen molar-refractivity contribution in [3.8, 4) is 5.82 Å². The van der Waals surface area contributed by atoms with Gasteiger partial charge in [0.15, 0.2) is 5.82 Å². The zero-order valence-electron chi connectivity index (χ0n) is 17.6. The van der Waals surface area contributed by atoms with Crippen LogP contribution in [0.25, 0.3) is 5.82 Å². The van der Waals surface area contributed by atoms with Crippen molar-refractivity contribution in [3.05, 3.63) is 65.1 Å². The predicted molar refractivity (Wildman–Crippen MR) is 116 cm³/mol. The summed E-state index contributed by atoms with van der Waals surface area (Å²) in [5.41, 5.74) is 0.703. The number of nitrogens with zero attached hydrogens (tertiary/aromatic N) is 3. The van der Waals surface area contributed by atoms with E-state index >= 15 is 0 Å². The van der Waals surface area contributed by atoms with Gasteiger partial charge in [0.05, 0.1) is 22.5 Å². The van der Waals surface area contributed by atoms with Gasteiger partial charge in [-0.25, -0.2) is 9.67 Å². The van der Waals surface area contributed by atoms with Crippen LogP contribution >= 0.6 is 11.8 Å². The Kier molecular flexibility index (Phi) is 6.74. The van der Waals surface area contributed by atoms with Crippen molar-refractivity contribution in [2.45, 2.75) is 50.4 Å². The largest absolute Gasteiger partial charge is 0.418 e. The number of carbonyl (C=O) groups is 1. The van der Waals surface area contributed by atoms with Gasteiger partial charge in [-0.1, -0.05) is 13.8 Å². The fourth-order valence-electron chi connectivity index (χ4n) is 2.96. The van der Waals surface area contributed by atoms with E-state index < -0.39 is 17.6 Å². The van der Waals surface area contributed by atoms with Crippen LogP contribution in [0.1, 0.15) is 47.6 Å². The molecule has 1 unspecified atom stereocenters. The fraction of sp³-hybridized carbons (Fsp3) is 0.318. The van der Waals surface area contributed by atoms with E-state index in [0.29, 0.717) is 10.7 Å². The molecule has 5 nitrogen and oxygen atoms in total. The molecule has 3 rings (SSSR count). The Bertz CT molecular complexity index is 1080. The summed E-state index contributed by atoms with van der Waals surface area (Å²) in [5, 5.41) is 6.88. The first-order valence-corrected chi connectivity index (χ1v) is 10.7. The molecule has 164 valence electrons. The van der Waals surface area contributed by atoms with E-state index in [2.05, 4.69) is 15.4 Å². The predicted octanol–water partition coefficient (Wildman–Crippen LogP) is 6.05. The topological polar surface area (TPSA) is 59.8 Å². The summed E-state index contributed by atoms with van der Waals surface area (Å²) in [6, 6.07) is 8.97. The molecule has 31 heavy (non-hydrogen) atoms. The summed E-state index contributed by atoms with van der Waals surface area (Å²) in [5.74, 6) is -0.148. The summed E-state index contributed by atoms with van der Waals surface area (Å²) in [7, 11) is 0. The van der Waals surface area contributed by atoms with Gasteiger partial charge in [0, 0.05) is 22.0 Å². The smallest absolute Gasteiger partial charge is 0.321 e. The van der Waals surface area contributed by atoms with Crippen LogP contribution in [-0.4, -0.2) is 25.9 Å². The van der Waals surface area contributed by atoms with Crippen molar-refractivity contribution < 1.29 is 18.0 Å². The number of anilines is 1. The Labute approximate surface area is 183 Å². The number of aromatic nitrogens is 3. The molecule has 0 saturated carbocycles. The molecule has 0 fully saturated rings. The molecule has 9 heteroatoms. The molecule has 3 aromatic rings. The third-order valence-electron chi connectivity index (χ3n) is 4.69. The van der Waals surface area contributed by atoms with Crippen LogP contribution in [-0.2, 0) is 6.18 Å². The van der Waals surface area contributed by atoms with Crippen molar-refractivity contribution in [1.29, 1.82) is 0 Å². The van der Waals surface area contributed by atoms with Crippen LogP contribution in [0.4, 0.5) is 18.9 Å². The number of halogens is 3. The minimum Gasteiger partial charge on any atom is -0.321 e. The number of carbonyl (C=O) groups excluding carboxylic acids is 1. The number of hydrogen-bond acceptors (Lipinski definition) is 4. The second-order valence-corrected chi connectivity index (χ2v) is 8.75. The average Bonchev–Trinajstić information content (AvgIpc) is 3.06. The Balaban J connectivity index is 1.83. The lowest BCUT2D eigenvalue weighted by atomic mass is 10.1. The lowest BCUT2D eigenvalue weighted by Crippen LogP contribution is -2.17. The standard InChI is InChI=1S/C22H23F3N4OS/c1-5-15(4)31-17-7-8-19(18(11-17)22(23,24)25)27-21(30)16-6-9-20(26-12-16)29-14(3)10-13(2)28-29/h6-12,15H,5H2,1-4H3,(H,27,30). The maximum Gasteiger partial charge on any atom is 0.418 e. The van der Waals surface area contributed by atoms with Crippen molar-refractivity contribution >= 4 is 23.4 Å². The molecular weight excluding hydrogens is 425 g/mol. The highest BCUT2D eigenvalue weighted by Gasteiger charge is 2.34. The van der Waals surface area contributed by atoms with Gasteiger partial charge >= 0.3 is 6.18 Å². The highest BCUT2D eigenvalue weighted by molar-refractivity contribution is 7.99. The zero-order chi connectivity index (χ0) is 22.8. The Morgan fingerprint density at radius 2 is 1.94 bits per heavy atom. The molecule has 0 aliphatic carbocycles. The van der Waals surface area contributed by atoms with Crippen LogP contribution in [0.3, 0.4) is 0 Å². The maximum atomic E-state index is 13.6. The molecule has 0 radical (unpaired) electrons. The van der Waals surface area contributed by atoms with Crippen molar-refractivity contribution in [3.63, 3.8) is 0 Å². The van der Waals surface area contributed by atoms with Gasteiger partial charge in [0.2, 0.25) is 0 Å². The summed E-state index contributed by atoms with van der Waals surface area (Å²) >= 11 is 1.37. The monoisotopic (exact) mass is 448 g/mol. The van der Waals surface area contributed by atoms with Crippen molar-refractivity contribution in [2.75, 3.05) is 5.32 Å². The second-order valence-electron chi connectivity index (χ2n) is 7.24. The van der Waals surface area contributed by atoms with Crippen LogP contribution in [0.5, 0.6) is 0 Å². The minimum atomic E-state index is -4.59. The van der Waals surface area contributed by atoms with Gasteiger partial charge in [-0.15, -0.1) is 11.8 Å². The van der Waals surface area contributed by atoms with Gasteiger partial charge in [-0.3, -0.25) is 4.79 Å². The number of nitrogens with one attached hydrogen (secondary N) is 1. The lowest BCUT2D eigenvalue weighted by molar-refractivity contribution is -0.137. The fourth-order valence-corrected chi connectivity index (χ4v) is 3.92. The molecule has 1 N–H and O–H groups in total. The third kappa shape index (κ3) is 5.46. The van der Waals surface area contributed by atoms with E-state index in [1.54, 1.807) is 16.8 Å². The molecule has 0 saturated heterocycles. The Morgan fingerprint density at radius 1 is 1.19 bits per heavy atom. The van der Waals surface area contributed by atoms with E-state index in [9.17, 15) is 18.0 Å². The SMILES string of the molecule is CCC(C)Sc1ccc(NC(=O)c2ccc(-n3nc(C)cc3C)nc2)c(C(F)(F)F)c1. The highest BCUT2D eigenvalue weighted by Crippen LogP contribution is 2.38. The van der Waals surface area contributed by atoms with Crippen molar-refractivity contribution in [2.24, 2.45) is 0 Å². The number of hydrogen-bond donors (Lipinski definition) is 1. The molecule has 0 bridgehead atoms. The summed E-state index contributed by atoms with van der Waals surface area (Å²) in [6.07, 6.45) is -2.43. The van der Waals surface area contributed by atoms with Crippen molar-refractivity contribution in [1.82, 2.24) is 14.8 Å². The van der Waals surface area contributed by atoms with Gasteiger partial charge in [-0.05, 0) is 56.7 Å². The molecule has 0 aliphatic rings. The van der Waals surface area contributed by atoms with E-state index in [4.69, 9.17) is 0 Å². The molecule has 0 aliphatic heterocycles. The van der Waals surface area contributed by atoms with E-state index in [1.807, 2.05) is 33.8 Å². The first-order chi connectivity index (χ1) is 14.6. The van der Waals surface area contributed by atoms with Gasteiger partial charge in [0.25, 0.3) is 5.91 Å². The number of amides is 1. The molecule has 2 heterocycles. The zero-order valence-corrected chi connectivity index (χ0v) is 18.4. The number of alkyl halides is 3. The molecule has 1 atom stereocenters. The van der Waals surface area contributed by atoms with Crippen LogP contribution in [0, 0.1) is 13.8 Å². The van der Waals surface area contributed by atoms with E-state index in [1.165, 1.54) is 30.1 Å². The van der Waals surface area contributed by atoms with Crippen LogP contribution in [0.15, 0.2) is 47.5 Å². The summed E-state index contributed by atoms with van der Waals surface area (Å²) < 4.78 is 42.4. The first-order valence-electron chi connectivity index (χ1n) is 9.77. The molecule has 0 spiro atoms. The highest BCUT2D eigenvalue weighted by atomic mass is 32.2. The Hall–Kier alpha value is -2.81. The van der Waals surface area contributed by atoms with Gasteiger partial charge in [-0.2, -0.15) is 18.3 Å². The third-order valence-corrected chi connectivity index (χ3v) is 5.96.